The highest BCUT2D eigenvalue weighted by atomic mass is 79.9. The normalized spacial score (nSPS) is 11.6. The SMILES string of the molecule is C#CCC(C)Nc1cc(Br)ccc1[N+](=O)[O-]. The van der Waals surface area contributed by atoms with Crippen molar-refractivity contribution in [3.63, 3.8) is 0 Å². The summed E-state index contributed by atoms with van der Waals surface area (Å²) in [6.45, 7) is 1.88. The van der Waals surface area contributed by atoms with Crippen LogP contribution in [0.1, 0.15) is 13.3 Å². The first kappa shape index (κ1) is 12.5. The Morgan fingerprint density at radius 2 is 2.38 bits per heavy atom. The van der Waals surface area contributed by atoms with Gasteiger partial charge in [0, 0.05) is 23.0 Å². The third kappa shape index (κ3) is 3.24. The van der Waals surface area contributed by atoms with Gasteiger partial charge in [-0.25, -0.2) is 0 Å². The van der Waals surface area contributed by atoms with E-state index in [1.54, 1.807) is 12.1 Å². The summed E-state index contributed by atoms with van der Waals surface area (Å²) in [5, 5.41) is 13.8. The van der Waals surface area contributed by atoms with Gasteiger partial charge in [0.2, 0.25) is 0 Å². The van der Waals surface area contributed by atoms with Crippen LogP contribution in [0.4, 0.5) is 11.4 Å². The number of nitrogens with one attached hydrogen (secondary N) is 1. The van der Waals surface area contributed by atoms with Crippen molar-refractivity contribution in [2.75, 3.05) is 5.32 Å². The predicted molar refractivity (Wildman–Crippen MR) is 67.3 cm³/mol. The van der Waals surface area contributed by atoms with Crippen molar-refractivity contribution < 1.29 is 4.92 Å². The Morgan fingerprint density at radius 3 is 2.94 bits per heavy atom. The van der Waals surface area contributed by atoms with Gasteiger partial charge in [-0.1, -0.05) is 15.9 Å². The van der Waals surface area contributed by atoms with Crippen LogP contribution in [-0.4, -0.2) is 11.0 Å². The van der Waals surface area contributed by atoms with E-state index >= 15 is 0 Å². The summed E-state index contributed by atoms with van der Waals surface area (Å²) in [4.78, 5) is 10.4. The van der Waals surface area contributed by atoms with Crippen LogP contribution in [0, 0.1) is 22.5 Å². The van der Waals surface area contributed by atoms with Gasteiger partial charge in [-0.3, -0.25) is 10.1 Å². The monoisotopic (exact) mass is 282 g/mol. The Morgan fingerprint density at radius 1 is 1.69 bits per heavy atom. The van der Waals surface area contributed by atoms with Gasteiger partial charge in [0.15, 0.2) is 0 Å². The Labute approximate surface area is 102 Å². The lowest BCUT2D eigenvalue weighted by Crippen LogP contribution is -2.15. The fraction of sp³-hybridized carbons (Fsp3) is 0.273. The van der Waals surface area contributed by atoms with Crippen molar-refractivity contribution in [2.24, 2.45) is 0 Å². The van der Waals surface area contributed by atoms with Crippen molar-refractivity contribution in [1.29, 1.82) is 0 Å². The second-order valence-electron chi connectivity index (χ2n) is 3.37. The lowest BCUT2D eigenvalue weighted by atomic mass is 10.2. The second-order valence-corrected chi connectivity index (χ2v) is 4.29. The van der Waals surface area contributed by atoms with Crippen molar-refractivity contribution in [3.8, 4) is 12.3 Å². The maximum atomic E-state index is 10.8. The first-order valence-corrected chi connectivity index (χ1v) is 5.48. The number of benzene rings is 1. The van der Waals surface area contributed by atoms with Gasteiger partial charge in [0.1, 0.15) is 5.69 Å². The summed E-state index contributed by atoms with van der Waals surface area (Å²) in [7, 11) is 0. The van der Waals surface area contributed by atoms with Crippen LogP contribution < -0.4 is 5.32 Å². The minimum atomic E-state index is -0.419. The number of halogens is 1. The molecule has 0 aliphatic rings. The summed E-state index contributed by atoms with van der Waals surface area (Å²) in [6.07, 6.45) is 5.70. The molecular formula is C11H11BrN2O2. The van der Waals surface area contributed by atoms with Gasteiger partial charge in [-0.05, 0) is 19.1 Å². The lowest BCUT2D eigenvalue weighted by Gasteiger charge is -2.12. The van der Waals surface area contributed by atoms with Crippen molar-refractivity contribution in [3.05, 3.63) is 32.8 Å². The molecule has 0 fully saturated rings. The third-order valence-electron chi connectivity index (χ3n) is 1.98. The molecule has 0 aliphatic carbocycles. The van der Waals surface area contributed by atoms with E-state index in [1.165, 1.54) is 6.07 Å². The van der Waals surface area contributed by atoms with Gasteiger partial charge >= 0.3 is 0 Å². The van der Waals surface area contributed by atoms with E-state index in [4.69, 9.17) is 6.42 Å². The Kier molecular flexibility index (Phi) is 4.32. The van der Waals surface area contributed by atoms with E-state index in [0.717, 1.165) is 4.47 Å². The number of terminal acetylenes is 1. The van der Waals surface area contributed by atoms with Crippen LogP contribution in [0.2, 0.25) is 0 Å². The molecule has 0 saturated heterocycles. The predicted octanol–water partition coefficient (Wildman–Crippen LogP) is 3.18. The van der Waals surface area contributed by atoms with Crippen LogP contribution in [0.5, 0.6) is 0 Å². The summed E-state index contributed by atoms with van der Waals surface area (Å²) in [5.41, 5.74) is 0.522. The molecule has 84 valence electrons. The molecule has 0 amide bonds. The Balaban J connectivity index is 2.97. The molecule has 0 saturated carbocycles. The summed E-state index contributed by atoms with van der Waals surface area (Å²) in [6, 6.07) is 4.76. The topological polar surface area (TPSA) is 55.2 Å². The fourth-order valence-corrected chi connectivity index (χ4v) is 1.64. The van der Waals surface area contributed by atoms with E-state index in [-0.39, 0.29) is 11.7 Å². The molecule has 0 heterocycles. The highest BCUT2D eigenvalue weighted by Crippen LogP contribution is 2.28. The quantitative estimate of drug-likeness (QED) is 0.524. The van der Waals surface area contributed by atoms with E-state index < -0.39 is 4.92 Å². The number of rotatable bonds is 4. The zero-order valence-corrected chi connectivity index (χ0v) is 10.3. The zero-order valence-electron chi connectivity index (χ0n) is 8.74. The van der Waals surface area contributed by atoms with Crippen LogP contribution in [-0.2, 0) is 0 Å². The maximum absolute atomic E-state index is 10.8. The molecule has 1 aromatic rings. The molecule has 5 heteroatoms. The van der Waals surface area contributed by atoms with Gasteiger partial charge in [-0.2, -0.15) is 0 Å². The molecule has 1 atom stereocenters. The average Bonchev–Trinajstić information content (AvgIpc) is 2.17. The van der Waals surface area contributed by atoms with Crippen molar-refractivity contribution in [2.45, 2.75) is 19.4 Å². The second kappa shape index (κ2) is 5.52. The summed E-state index contributed by atoms with van der Waals surface area (Å²) in [5.74, 6) is 2.51. The highest BCUT2D eigenvalue weighted by Gasteiger charge is 2.14. The van der Waals surface area contributed by atoms with Crippen LogP contribution in [0.25, 0.3) is 0 Å². The number of nitro groups is 1. The number of hydrogen-bond acceptors (Lipinski definition) is 3. The molecule has 4 nitrogen and oxygen atoms in total. The molecule has 1 N–H and O–H groups in total. The number of nitrogens with zero attached hydrogens (tertiary/aromatic N) is 1. The van der Waals surface area contributed by atoms with E-state index in [1.807, 2.05) is 6.92 Å². The average molecular weight is 283 g/mol. The van der Waals surface area contributed by atoms with Crippen LogP contribution >= 0.6 is 15.9 Å². The summed E-state index contributed by atoms with van der Waals surface area (Å²) < 4.78 is 0.786. The Bertz CT molecular complexity index is 440. The summed E-state index contributed by atoms with van der Waals surface area (Å²) >= 11 is 3.27. The van der Waals surface area contributed by atoms with Crippen LogP contribution in [0.3, 0.4) is 0 Å². The molecule has 1 unspecified atom stereocenters. The molecule has 1 aromatic carbocycles. The smallest absolute Gasteiger partial charge is 0.292 e. The van der Waals surface area contributed by atoms with E-state index in [0.29, 0.717) is 12.1 Å². The largest absolute Gasteiger partial charge is 0.376 e. The maximum Gasteiger partial charge on any atom is 0.292 e. The molecule has 0 spiro atoms. The van der Waals surface area contributed by atoms with Gasteiger partial charge in [-0.15, -0.1) is 12.3 Å². The van der Waals surface area contributed by atoms with Crippen molar-refractivity contribution >= 4 is 27.3 Å². The van der Waals surface area contributed by atoms with Gasteiger partial charge in [0.05, 0.1) is 4.92 Å². The lowest BCUT2D eigenvalue weighted by molar-refractivity contribution is -0.384. The number of anilines is 1. The van der Waals surface area contributed by atoms with Gasteiger partial charge in [0.25, 0.3) is 5.69 Å². The first-order valence-electron chi connectivity index (χ1n) is 4.68. The number of hydrogen-bond donors (Lipinski definition) is 1. The molecular weight excluding hydrogens is 272 g/mol. The zero-order chi connectivity index (χ0) is 12.1. The molecule has 16 heavy (non-hydrogen) atoms. The van der Waals surface area contributed by atoms with Gasteiger partial charge < -0.3 is 5.32 Å². The van der Waals surface area contributed by atoms with E-state index in [2.05, 4.69) is 27.2 Å². The first-order chi connectivity index (χ1) is 7.54. The molecule has 1 rings (SSSR count). The molecule has 0 aromatic heterocycles. The van der Waals surface area contributed by atoms with Crippen molar-refractivity contribution in [1.82, 2.24) is 0 Å². The standard InChI is InChI=1S/C11H11BrN2O2/c1-3-4-8(2)13-10-7-9(12)5-6-11(10)14(15)16/h1,5-8,13H,4H2,2H3. The highest BCUT2D eigenvalue weighted by molar-refractivity contribution is 9.10. The molecule has 0 bridgehead atoms. The minimum absolute atomic E-state index is 0.00185. The molecule has 0 aliphatic heterocycles. The Hall–Kier alpha value is -1.54. The number of nitro benzene ring substituents is 1. The minimum Gasteiger partial charge on any atom is -0.376 e. The molecule has 0 radical (unpaired) electrons. The fourth-order valence-electron chi connectivity index (χ4n) is 1.28. The van der Waals surface area contributed by atoms with E-state index in [9.17, 15) is 10.1 Å². The third-order valence-corrected chi connectivity index (χ3v) is 2.47. The van der Waals surface area contributed by atoms with Crippen LogP contribution in [0.15, 0.2) is 22.7 Å².